The third kappa shape index (κ3) is 3.71. The van der Waals surface area contributed by atoms with Gasteiger partial charge in [0, 0.05) is 31.0 Å². The number of carbonyl (C=O) groups excluding carboxylic acids is 2. The predicted octanol–water partition coefficient (Wildman–Crippen LogP) is 3.50. The van der Waals surface area contributed by atoms with Crippen molar-refractivity contribution in [1.29, 1.82) is 0 Å². The van der Waals surface area contributed by atoms with Crippen LogP contribution < -0.4 is 10.4 Å². The molecule has 0 saturated carbocycles. The highest BCUT2D eigenvalue weighted by Gasteiger charge is 2.26. The number of fused-ring (bicyclic) bond motifs is 1. The molecule has 0 aliphatic rings. The Morgan fingerprint density at radius 2 is 1.96 bits per heavy atom. The number of phenolic OH excluding ortho intramolecular Hbond substituents is 1. The topological polar surface area (TPSA) is 103 Å². The van der Waals surface area contributed by atoms with Gasteiger partial charge in [-0.25, -0.2) is 4.79 Å². The zero-order chi connectivity index (χ0) is 19.4. The van der Waals surface area contributed by atoms with Gasteiger partial charge in [-0.1, -0.05) is 13.8 Å². The minimum absolute atomic E-state index is 0.0228. The van der Waals surface area contributed by atoms with Crippen LogP contribution in [-0.4, -0.2) is 24.0 Å². The fourth-order valence-electron chi connectivity index (χ4n) is 2.92. The van der Waals surface area contributed by atoms with E-state index in [0.717, 1.165) is 0 Å². The molecule has 0 bridgehead atoms. The Morgan fingerprint density at radius 1 is 1.27 bits per heavy atom. The van der Waals surface area contributed by atoms with Crippen molar-refractivity contribution in [2.45, 2.75) is 46.1 Å². The fraction of sp³-hybridized carbons (Fsp3) is 0.421. The number of ether oxygens (including phenoxy) is 2. The van der Waals surface area contributed by atoms with E-state index in [9.17, 15) is 19.5 Å². The highest BCUT2D eigenvalue weighted by molar-refractivity contribution is 6.07. The van der Waals surface area contributed by atoms with E-state index in [0.29, 0.717) is 18.4 Å². The summed E-state index contributed by atoms with van der Waals surface area (Å²) in [6.07, 6.45) is 0.443. The Labute approximate surface area is 150 Å². The number of ketones is 1. The van der Waals surface area contributed by atoms with Crippen LogP contribution in [0.15, 0.2) is 21.3 Å². The van der Waals surface area contributed by atoms with Gasteiger partial charge >= 0.3 is 11.6 Å². The number of hydrogen-bond donors (Lipinski definition) is 1. The van der Waals surface area contributed by atoms with Crippen molar-refractivity contribution in [3.8, 4) is 11.5 Å². The van der Waals surface area contributed by atoms with E-state index in [1.54, 1.807) is 6.92 Å². The Kier molecular flexibility index (Phi) is 6.02. The molecule has 0 amide bonds. The summed E-state index contributed by atoms with van der Waals surface area (Å²) in [7, 11) is 1.36. The number of hydrogen-bond acceptors (Lipinski definition) is 7. The maximum absolute atomic E-state index is 12.5. The van der Waals surface area contributed by atoms with E-state index in [1.807, 2.05) is 6.92 Å². The third-order valence-electron chi connectivity index (χ3n) is 4.00. The first-order valence-corrected chi connectivity index (χ1v) is 8.42. The van der Waals surface area contributed by atoms with Crippen LogP contribution in [0.4, 0.5) is 0 Å². The quantitative estimate of drug-likeness (QED) is 0.457. The lowest BCUT2D eigenvalue weighted by molar-refractivity contribution is -0.146. The molecule has 1 heterocycles. The lowest BCUT2D eigenvalue weighted by Crippen LogP contribution is -2.12. The molecule has 0 aliphatic carbocycles. The second-order valence-corrected chi connectivity index (χ2v) is 5.88. The molecule has 2 rings (SSSR count). The summed E-state index contributed by atoms with van der Waals surface area (Å²) in [5, 5.41) is 11.0. The van der Waals surface area contributed by atoms with Crippen LogP contribution in [-0.2, 0) is 9.53 Å². The number of methoxy groups -OCH3 is 1. The predicted molar refractivity (Wildman–Crippen MR) is 94.7 cm³/mol. The van der Waals surface area contributed by atoms with Crippen LogP contribution in [0.3, 0.4) is 0 Å². The molecule has 2 aromatic rings. The molecular formula is C19H22O7. The van der Waals surface area contributed by atoms with E-state index < -0.39 is 17.7 Å². The molecule has 0 aliphatic heterocycles. The zero-order valence-electron chi connectivity index (χ0n) is 15.3. The summed E-state index contributed by atoms with van der Waals surface area (Å²) >= 11 is 0. The normalized spacial score (nSPS) is 12.0. The van der Waals surface area contributed by atoms with Crippen LogP contribution in [0.5, 0.6) is 11.5 Å². The van der Waals surface area contributed by atoms with Gasteiger partial charge in [-0.3, -0.25) is 9.59 Å². The van der Waals surface area contributed by atoms with Gasteiger partial charge < -0.3 is 19.0 Å². The SMILES string of the molecule is CCCC(=O)c1c(OC)cc2oc(=O)cc(C(CC)OC(C)=O)c2c1O. The molecule has 1 atom stereocenters. The van der Waals surface area contributed by atoms with Gasteiger partial charge in [0.25, 0.3) is 0 Å². The number of rotatable bonds is 7. The van der Waals surface area contributed by atoms with Crippen molar-refractivity contribution in [2.24, 2.45) is 0 Å². The van der Waals surface area contributed by atoms with Crippen molar-refractivity contribution in [2.75, 3.05) is 7.11 Å². The van der Waals surface area contributed by atoms with E-state index >= 15 is 0 Å². The Hall–Kier alpha value is -2.83. The number of carbonyl (C=O) groups is 2. The van der Waals surface area contributed by atoms with Crippen molar-refractivity contribution >= 4 is 22.7 Å². The van der Waals surface area contributed by atoms with Crippen LogP contribution in [0.1, 0.15) is 62.1 Å². The third-order valence-corrected chi connectivity index (χ3v) is 4.00. The highest BCUT2D eigenvalue weighted by atomic mass is 16.5. The number of benzene rings is 1. The smallest absolute Gasteiger partial charge is 0.336 e. The molecule has 26 heavy (non-hydrogen) atoms. The second-order valence-electron chi connectivity index (χ2n) is 5.88. The minimum Gasteiger partial charge on any atom is -0.506 e. The van der Waals surface area contributed by atoms with Gasteiger partial charge in [-0.05, 0) is 12.8 Å². The van der Waals surface area contributed by atoms with Crippen LogP contribution in [0.25, 0.3) is 11.0 Å². The number of Topliss-reactive ketones (excluding diaryl/α,β-unsaturated/α-hetero) is 1. The average Bonchev–Trinajstić information content (AvgIpc) is 2.58. The summed E-state index contributed by atoms with van der Waals surface area (Å²) in [6, 6.07) is 2.56. The van der Waals surface area contributed by atoms with Crippen LogP contribution in [0, 0.1) is 0 Å². The number of phenols is 1. The van der Waals surface area contributed by atoms with Crippen LogP contribution >= 0.6 is 0 Å². The molecule has 0 fully saturated rings. The monoisotopic (exact) mass is 362 g/mol. The van der Waals surface area contributed by atoms with Crippen LogP contribution in [0.2, 0.25) is 0 Å². The largest absolute Gasteiger partial charge is 0.506 e. The molecule has 140 valence electrons. The fourth-order valence-corrected chi connectivity index (χ4v) is 2.92. The lowest BCUT2D eigenvalue weighted by Gasteiger charge is -2.19. The lowest BCUT2D eigenvalue weighted by atomic mass is 9.96. The van der Waals surface area contributed by atoms with E-state index in [1.165, 1.54) is 26.2 Å². The number of aromatic hydroxyl groups is 1. The first kappa shape index (κ1) is 19.5. The molecule has 0 spiro atoms. The summed E-state index contributed by atoms with van der Waals surface area (Å²) in [5.74, 6) is -1.04. The second kappa shape index (κ2) is 8.03. The highest BCUT2D eigenvalue weighted by Crippen LogP contribution is 2.41. The summed E-state index contributed by atoms with van der Waals surface area (Å²) in [5.41, 5.74) is -0.290. The molecule has 7 nitrogen and oxygen atoms in total. The molecule has 0 radical (unpaired) electrons. The maximum atomic E-state index is 12.5. The van der Waals surface area contributed by atoms with Crippen molar-refractivity contribution < 1.29 is 28.6 Å². The molecule has 7 heteroatoms. The Bertz CT molecular complexity index is 895. The van der Waals surface area contributed by atoms with Gasteiger partial charge in [0.1, 0.15) is 28.7 Å². The zero-order valence-corrected chi connectivity index (χ0v) is 15.3. The van der Waals surface area contributed by atoms with E-state index in [-0.39, 0.29) is 40.2 Å². The maximum Gasteiger partial charge on any atom is 0.336 e. The van der Waals surface area contributed by atoms with E-state index in [4.69, 9.17) is 13.9 Å². The minimum atomic E-state index is -0.757. The Balaban J connectivity index is 2.85. The van der Waals surface area contributed by atoms with Gasteiger partial charge in [-0.2, -0.15) is 0 Å². The first-order valence-electron chi connectivity index (χ1n) is 8.42. The van der Waals surface area contributed by atoms with E-state index in [2.05, 4.69) is 0 Å². The number of esters is 1. The Morgan fingerprint density at radius 3 is 2.50 bits per heavy atom. The molecule has 1 aromatic carbocycles. The summed E-state index contributed by atoms with van der Waals surface area (Å²) < 4.78 is 15.6. The summed E-state index contributed by atoms with van der Waals surface area (Å²) in [6.45, 7) is 4.88. The first-order chi connectivity index (χ1) is 12.3. The summed E-state index contributed by atoms with van der Waals surface area (Å²) in [4.78, 5) is 35.8. The van der Waals surface area contributed by atoms with Gasteiger partial charge in [0.15, 0.2) is 5.78 Å². The van der Waals surface area contributed by atoms with Crippen molar-refractivity contribution in [1.82, 2.24) is 0 Å². The molecule has 1 aromatic heterocycles. The van der Waals surface area contributed by atoms with Gasteiger partial charge in [0.05, 0.1) is 12.5 Å². The average molecular weight is 362 g/mol. The van der Waals surface area contributed by atoms with Gasteiger partial charge in [0.2, 0.25) is 0 Å². The molecule has 0 saturated heterocycles. The standard InChI is InChI=1S/C19H22O7/c1-5-7-12(21)18-14(24-4)9-15-17(19(18)23)11(8-16(22)26-15)13(6-2)25-10(3)20/h8-9,13,23H,5-7H2,1-4H3. The molecule has 1 N–H and O–H groups in total. The molecular weight excluding hydrogens is 340 g/mol. The van der Waals surface area contributed by atoms with Gasteiger partial charge in [-0.15, -0.1) is 0 Å². The molecule has 1 unspecified atom stereocenters. The van der Waals surface area contributed by atoms with Crippen molar-refractivity contribution in [3.05, 3.63) is 33.7 Å². The van der Waals surface area contributed by atoms with Crippen molar-refractivity contribution in [3.63, 3.8) is 0 Å².